The molecule has 0 bridgehead atoms. The quantitative estimate of drug-likeness (QED) is 0.728. The van der Waals surface area contributed by atoms with Crippen LogP contribution in [0, 0.1) is 5.92 Å². The Morgan fingerprint density at radius 1 is 1.27 bits per heavy atom. The highest BCUT2D eigenvalue weighted by Crippen LogP contribution is 2.16. The van der Waals surface area contributed by atoms with Gasteiger partial charge in [0.25, 0.3) is 0 Å². The van der Waals surface area contributed by atoms with E-state index in [1.165, 1.54) is 51.9 Å². The molecular formula is C13H28N2. The Kier molecular flexibility index (Phi) is 6.26. The molecule has 0 aromatic carbocycles. The summed E-state index contributed by atoms with van der Waals surface area (Å²) in [5, 5.41) is 3.67. The summed E-state index contributed by atoms with van der Waals surface area (Å²) in [6, 6.07) is 0.708. The number of hydrogen-bond acceptors (Lipinski definition) is 2. The minimum absolute atomic E-state index is 0.708. The molecule has 0 radical (unpaired) electrons. The van der Waals surface area contributed by atoms with E-state index in [4.69, 9.17) is 0 Å². The highest BCUT2D eigenvalue weighted by molar-refractivity contribution is 4.74. The first kappa shape index (κ1) is 13.0. The lowest BCUT2D eigenvalue weighted by Gasteiger charge is -2.31. The molecule has 90 valence electrons. The number of nitrogens with one attached hydrogen (secondary N) is 1. The van der Waals surface area contributed by atoms with Gasteiger partial charge < -0.3 is 10.2 Å². The van der Waals surface area contributed by atoms with Gasteiger partial charge in [-0.05, 0) is 58.3 Å². The summed E-state index contributed by atoms with van der Waals surface area (Å²) in [6.45, 7) is 11.9. The minimum Gasteiger partial charge on any atom is -0.314 e. The number of nitrogens with zero attached hydrogens (tertiary/aromatic N) is 1. The molecule has 1 fully saturated rings. The van der Waals surface area contributed by atoms with Crippen molar-refractivity contribution < 1.29 is 0 Å². The van der Waals surface area contributed by atoms with Crippen LogP contribution in [-0.2, 0) is 0 Å². The summed E-state index contributed by atoms with van der Waals surface area (Å²) in [7, 11) is 0. The summed E-state index contributed by atoms with van der Waals surface area (Å²) >= 11 is 0. The molecule has 1 unspecified atom stereocenters. The Hall–Kier alpha value is -0.0800. The molecule has 2 nitrogen and oxygen atoms in total. The van der Waals surface area contributed by atoms with Crippen molar-refractivity contribution in [2.45, 2.75) is 52.5 Å². The molecule has 1 heterocycles. The smallest absolute Gasteiger partial charge is 0.00387 e. The fourth-order valence-electron chi connectivity index (χ4n) is 2.41. The number of likely N-dealkylation sites (tertiary alicyclic amines) is 1. The summed E-state index contributed by atoms with van der Waals surface area (Å²) in [5.74, 6) is 0.923. The lowest BCUT2D eigenvalue weighted by molar-refractivity contribution is 0.187. The van der Waals surface area contributed by atoms with Crippen molar-refractivity contribution in [2.75, 3.05) is 26.2 Å². The van der Waals surface area contributed by atoms with Crippen LogP contribution in [0.15, 0.2) is 0 Å². The molecule has 1 saturated heterocycles. The lowest BCUT2D eigenvalue weighted by atomic mass is 9.96. The van der Waals surface area contributed by atoms with Crippen molar-refractivity contribution in [3.05, 3.63) is 0 Å². The molecule has 0 aromatic rings. The van der Waals surface area contributed by atoms with Gasteiger partial charge in [-0.3, -0.25) is 0 Å². The highest BCUT2D eigenvalue weighted by atomic mass is 15.1. The molecule has 1 N–H and O–H groups in total. The predicted octanol–water partition coefficient (Wildman–Crippen LogP) is 2.50. The van der Waals surface area contributed by atoms with E-state index in [0.29, 0.717) is 6.04 Å². The van der Waals surface area contributed by atoms with Crippen molar-refractivity contribution in [2.24, 2.45) is 5.92 Å². The first-order valence-electron chi connectivity index (χ1n) is 6.72. The minimum atomic E-state index is 0.708. The summed E-state index contributed by atoms with van der Waals surface area (Å²) in [6.07, 6.45) is 5.38. The Labute approximate surface area is 95.4 Å². The van der Waals surface area contributed by atoms with E-state index in [2.05, 4.69) is 31.0 Å². The maximum Gasteiger partial charge on any atom is 0.00387 e. The van der Waals surface area contributed by atoms with Crippen LogP contribution in [0.25, 0.3) is 0 Å². The molecule has 1 aliphatic rings. The van der Waals surface area contributed by atoms with E-state index >= 15 is 0 Å². The fraction of sp³-hybridized carbons (Fsp3) is 1.00. The molecule has 0 spiro atoms. The van der Waals surface area contributed by atoms with E-state index in [-0.39, 0.29) is 0 Å². The van der Waals surface area contributed by atoms with E-state index in [0.717, 1.165) is 5.92 Å². The summed E-state index contributed by atoms with van der Waals surface area (Å²) in [4.78, 5) is 2.56. The molecule has 0 aliphatic carbocycles. The first-order valence-corrected chi connectivity index (χ1v) is 6.72. The average molecular weight is 212 g/mol. The van der Waals surface area contributed by atoms with Crippen molar-refractivity contribution in [3.63, 3.8) is 0 Å². The van der Waals surface area contributed by atoms with Crippen LogP contribution in [0.5, 0.6) is 0 Å². The van der Waals surface area contributed by atoms with Gasteiger partial charge in [0.2, 0.25) is 0 Å². The summed E-state index contributed by atoms with van der Waals surface area (Å²) in [5.41, 5.74) is 0. The maximum absolute atomic E-state index is 3.67. The highest BCUT2D eigenvalue weighted by Gasteiger charge is 2.17. The Balaban J connectivity index is 2.08. The van der Waals surface area contributed by atoms with Crippen LogP contribution < -0.4 is 5.32 Å². The molecule has 0 amide bonds. The molecular weight excluding hydrogens is 184 g/mol. The lowest BCUT2D eigenvalue weighted by Crippen LogP contribution is -2.39. The number of rotatable bonds is 6. The maximum atomic E-state index is 3.67. The van der Waals surface area contributed by atoms with Gasteiger partial charge in [0.1, 0.15) is 0 Å². The fourth-order valence-corrected chi connectivity index (χ4v) is 2.41. The second-order valence-corrected chi connectivity index (χ2v) is 4.98. The molecule has 1 rings (SSSR count). The molecule has 15 heavy (non-hydrogen) atoms. The third-order valence-electron chi connectivity index (χ3n) is 3.63. The second-order valence-electron chi connectivity index (χ2n) is 4.98. The molecule has 1 atom stereocenters. The van der Waals surface area contributed by atoms with E-state index in [1.807, 2.05) is 0 Å². The van der Waals surface area contributed by atoms with Crippen molar-refractivity contribution in [1.82, 2.24) is 10.2 Å². The third-order valence-corrected chi connectivity index (χ3v) is 3.63. The molecule has 0 saturated carbocycles. The Bertz CT molecular complexity index is 151. The van der Waals surface area contributed by atoms with Gasteiger partial charge in [-0.25, -0.2) is 0 Å². The van der Waals surface area contributed by atoms with Gasteiger partial charge in [0.05, 0.1) is 0 Å². The van der Waals surface area contributed by atoms with Crippen molar-refractivity contribution in [3.8, 4) is 0 Å². The third kappa shape index (κ3) is 4.98. The average Bonchev–Trinajstić information content (AvgIpc) is 2.27. The molecule has 1 aliphatic heterocycles. The molecule has 2 heteroatoms. The molecule has 0 aromatic heterocycles. The predicted molar refractivity (Wildman–Crippen MR) is 67.2 cm³/mol. The van der Waals surface area contributed by atoms with Crippen molar-refractivity contribution in [1.29, 1.82) is 0 Å². The van der Waals surface area contributed by atoms with Gasteiger partial charge in [0, 0.05) is 6.04 Å². The Morgan fingerprint density at radius 3 is 2.47 bits per heavy atom. The second kappa shape index (κ2) is 7.24. The topological polar surface area (TPSA) is 15.3 Å². The van der Waals surface area contributed by atoms with Gasteiger partial charge >= 0.3 is 0 Å². The normalized spacial score (nSPS) is 21.8. The van der Waals surface area contributed by atoms with Gasteiger partial charge in [-0.2, -0.15) is 0 Å². The monoisotopic (exact) mass is 212 g/mol. The van der Waals surface area contributed by atoms with Crippen LogP contribution in [0.2, 0.25) is 0 Å². The standard InChI is InChI=1S/C13H28N2/c1-4-6-12(3)14-11-13-7-9-15(5-2)10-8-13/h12-14H,4-11H2,1-3H3. The van der Waals surface area contributed by atoms with Crippen LogP contribution >= 0.6 is 0 Å². The van der Waals surface area contributed by atoms with Crippen LogP contribution in [0.3, 0.4) is 0 Å². The number of piperidine rings is 1. The largest absolute Gasteiger partial charge is 0.314 e. The van der Waals surface area contributed by atoms with Crippen LogP contribution in [-0.4, -0.2) is 37.1 Å². The zero-order chi connectivity index (χ0) is 11.1. The van der Waals surface area contributed by atoms with Gasteiger partial charge in [-0.15, -0.1) is 0 Å². The Morgan fingerprint density at radius 2 is 1.93 bits per heavy atom. The van der Waals surface area contributed by atoms with Crippen LogP contribution in [0.1, 0.15) is 46.5 Å². The zero-order valence-electron chi connectivity index (χ0n) is 10.8. The van der Waals surface area contributed by atoms with E-state index < -0.39 is 0 Å². The number of hydrogen-bond donors (Lipinski definition) is 1. The van der Waals surface area contributed by atoms with Crippen molar-refractivity contribution >= 4 is 0 Å². The van der Waals surface area contributed by atoms with Gasteiger partial charge in [0.15, 0.2) is 0 Å². The van der Waals surface area contributed by atoms with E-state index in [9.17, 15) is 0 Å². The zero-order valence-corrected chi connectivity index (χ0v) is 10.8. The van der Waals surface area contributed by atoms with E-state index in [1.54, 1.807) is 0 Å². The first-order chi connectivity index (χ1) is 7.26. The van der Waals surface area contributed by atoms with Crippen LogP contribution in [0.4, 0.5) is 0 Å². The van der Waals surface area contributed by atoms with Gasteiger partial charge in [-0.1, -0.05) is 20.3 Å². The summed E-state index contributed by atoms with van der Waals surface area (Å²) < 4.78 is 0. The SMILES string of the molecule is CCCC(C)NCC1CCN(CC)CC1.